The number of thioether (sulfide) groups is 1. The van der Waals surface area contributed by atoms with Crippen LogP contribution >= 0.6 is 11.8 Å². The Labute approximate surface area is 78.1 Å². The molecule has 0 aliphatic carbocycles. The summed E-state index contributed by atoms with van der Waals surface area (Å²) >= 11 is 1.75. The molecule has 0 atom stereocenters. The fourth-order valence-corrected chi connectivity index (χ4v) is 1.30. The maximum Gasteiger partial charge on any atom is 0.119 e. The zero-order valence-electron chi connectivity index (χ0n) is 7.54. The highest BCUT2D eigenvalue weighted by molar-refractivity contribution is 7.98. The molecule has 1 aromatic carbocycles. The Kier molecular flexibility index (Phi) is 4.01. The van der Waals surface area contributed by atoms with Crippen LogP contribution in [0.3, 0.4) is 0 Å². The quantitative estimate of drug-likeness (QED) is 0.661. The van der Waals surface area contributed by atoms with Gasteiger partial charge in [-0.2, -0.15) is 0 Å². The lowest BCUT2D eigenvalue weighted by Crippen LogP contribution is -1.93. The molecule has 0 saturated heterocycles. The molecule has 66 valence electrons. The van der Waals surface area contributed by atoms with Gasteiger partial charge >= 0.3 is 0 Å². The molecule has 1 rings (SSSR count). The molecule has 0 unspecified atom stereocenters. The van der Waals surface area contributed by atoms with Crippen molar-refractivity contribution in [3.8, 4) is 5.75 Å². The molecule has 1 aromatic rings. The van der Waals surface area contributed by atoms with Crippen LogP contribution in [0.15, 0.2) is 29.2 Å². The van der Waals surface area contributed by atoms with E-state index in [1.165, 1.54) is 4.90 Å². The maximum atomic E-state index is 5.45. The molecular weight excluding hydrogens is 168 g/mol. The third-order valence-electron chi connectivity index (χ3n) is 1.53. The van der Waals surface area contributed by atoms with Gasteiger partial charge in [0.1, 0.15) is 5.75 Å². The summed E-state index contributed by atoms with van der Waals surface area (Å²) in [4.78, 5) is 1.28. The topological polar surface area (TPSA) is 9.23 Å². The third-order valence-corrected chi connectivity index (χ3v) is 2.28. The average molecular weight is 182 g/mol. The Bertz CT molecular complexity index is 218. The summed E-state index contributed by atoms with van der Waals surface area (Å²) < 4.78 is 5.45. The standard InChI is InChI=1S/C10H14OS/c1-3-8-11-9-4-6-10(12-2)7-5-9/h4-7H,3,8H2,1-2H3. The van der Waals surface area contributed by atoms with Gasteiger partial charge in [-0.15, -0.1) is 11.8 Å². The molecule has 0 radical (unpaired) electrons. The third kappa shape index (κ3) is 2.78. The molecule has 0 saturated carbocycles. The lowest BCUT2D eigenvalue weighted by molar-refractivity contribution is 0.317. The predicted octanol–water partition coefficient (Wildman–Crippen LogP) is 3.20. The number of hydrogen-bond donors (Lipinski definition) is 0. The van der Waals surface area contributed by atoms with E-state index in [1.54, 1.807) is 11.8 Å². The van der Waals surface area contributed by atoms with Crippen molar-refractivity contribution in [1.29, 1.82) is 0 Å². The van der Waals surface area contributed by atoms with E-state index in [9.17, 15) is 0 Å². The summed E-state index contributed by atoms with van der Waals surface area (Å²) in [6.07, 6.45) is 3.13. The molecule has 0 spiro atoms. The van der Waals surface area contributed by atoms with Crippen molar-refractivity contribution in [2.45, 2.75) is 18.2 Å². The van der Waals surface area contributed by atoms with Gasteiger partial charge in [0.25, 0.3) is 0 Å². The maximum absolute atomic E-state index is 5.45. The van der Waals surface area contributed by atoms with E-state index >= 15 is 0 Å². The Morgan fingerprint density at radius 2 is 1.92 bits per heavy atom. The lowest BCUT2D eigenvalue weighted by atomic mass is 10.3. The average Bonchev–Trinajstić information content (AvgIpc) is 2.15. The normalized spacial score (nSPS) is 9.83. The van der Waals surface area contributed by atoms with Gasteiger partial charge in [-0.1, -0.05) is 6.92 Å². The Hall–Kier alpha value is -0.630. The summed E-state index contributed by atoms with van der Waals surface area (Å²) in [6, 6.07) is 8.19. The van der Waals surface area contributed by atoms with Crippen molar-refractivity contribution in [2.75, 3.05) is 12.9 Å². The molecule has 0 aromatic heterocycles. The van der Waals surface area contributed by atoms with Crippen LogP contribution in [0.2, 0.25) is 0 Å². The molecule has 0 N–H and O–H groups in total. The highest BCUT2D eigenvalue weighted by Crippen LogP contribution is 2.18. The van der Waals surface area contributed by atoms with Gasteiger partial charge in [-0.25, -0.2) is 0 Å². The molecule has 0 aliphatic heterocycles. The minimum Gasteiger partial charge on any atom is -0.494 e. The van der Waals surface area contributed by atoms with E-state index < -0.39 is 0 Å². The van der Waals surface area contributed by atoms with Crippen LogP contribution in [-0.2, 0) is 0 Å². The van der Waals surface area contributed by atoms with E-state index in [1.807, 2.05) is 12.1 Å². The summed E-state index contributed by atoms with van der Waals surface area (Å²) in [5, 5.41) is 0. The van der Waals surface area contributed by atoms with Gasteiger partial charge in [0.15, 0.2) is 0 Å². The number of benzene rings is 1. The van der Waals surface area contributed by atoms with Crippen LogP contribution in [0.25, 0.3) is 0 Å². The van der Waals surface area contributed by atoms with Crippen molar-refractivity contribution in [1.82, 2.24) is 0 Å². The number of rotatable bonds is 4. The van der Waals surface area contributed by atoms with Crippen molar-refractivity contribution in [2.24, 2.45) is 0 Å². The van der Waals surface area contributed by atoms with Crippen molar-refractivity contribution in [3.05, 3.63) is 24.3 Å². The Morgan fingerprint density at radius 3 is 2.42 bits per heavy atom. The molecule has 0 aliphatic rings. The highest BCUT2D eigenvalue weighted by Gasteiger charge is 1.92. The van der Waals surface area contributed by atoms with Crippen molar-refractivity contribution in [3.63, 3.8) is 0 Å². The van der Waals surface area contributed by atoms with Crippen molar-refractivity contribution >= 4 is 11.8 Å². The molecule has 0 amide bonds. The molecule has 2 heteroatoms. The molecule has 1 nitrogen and oxygen atoms in total. The SMILES string of the molecule is CCCOc1ccc(SC)cc1. The van der Waals surface area contributed by atoms with E-state index in [-0.39, 0.29) is 0 Å². The number of hydrogen-bond acceptors (Lipinski definition) is 2. The van der Waals surface area contributed by atoms with Gasteiger partial charge in [-0.05, 0) is 36.9 Å². The van der Waals surface area contributed by atoms with Crippen LogP contribution < -0.4 is 4.74 Å². The van der Waals surface area contributed by atoms with E-state index in [0.29, 0.717) is 0 Å². The Balaban J connectivity index is 2.53. The second-order valence-corrected chi connectivity index (χ2v) is 3.40. The second-order valence-electron chi connectivity index (χ2n) is 2.52. The fraction of sp³-hybridized carbons (Fsp3) is 0.400. The predicted molar refractivity (Wildman–Crippen MR) is 54.0 cm³/mol. The fourth-order valence-electron chi connectivity index (χ4n) is 0.892. The zero-order valence-corrected chi connectivity index (χ0v) is 8.36. The van der Waals surface area contributed by atoms with Gasteiger partial charge < -0.3 is 4.74 Å². The van der Waals surface area contributed by atoms with Crippen LogP contribution in [0, 0.1) is 0 Å². The van der Waals surface area contributed by atoms with E-state index in [2.05, 4.69) is 25.3 Å². The minimum absolute atomic E-state index is 0.804. The Morgan fingerprint density at radius 1 is 1.25 bits per heavy atom. The molecule has 12 heavy (non-hydrogen) atoms. The highest BCUT2D eigenvalue weighted by atomic mass is 32.2. The monoisotopic (exact) mass is 182 g/mol. The summed E-state index contributed by atoms with van der Waals surface area (Å²) in [6.45, 7) is 2.91. The summed E-state index contributed by atoms with van der Waals surface area (Å²) in [5.41, 5.74) is 0. The van der Waals surface area contributed by atoms with Crippen molar-refractivity contribution < 1.29 is 4.74 Å². The summed E-state index contributed by atoms with van der Waals surface area (Å²) in [5.74, 6) is 0.967. The lowest BCUT2D eigenvalue weighted by Gasteiger charge is -2.04. The summed E-state index contributed by atoms with van der Waals surface area (Å²) in [7, 11) is 0. The zero-order chi connectivity index (χ0) is 8.81. The number of ether oxygens (including phenoxy) is 1. The van der Waals surface area contributed by atoms with Gasteiger partial charge in [0.05, 0.1) is 6.61 Å². The van der Waals surface area contributed by atoms with Crippen LogP contribution in [0.1, 0.15) is 13.3 Å². The molecule has 0 bridgehead atoms. The molecule has 0 heterocycles. The minimum atomic E-state index is 0.804. The first-order valence-corrected chi connectivity index (χ1v) is 5.36. The molecule has 0 fully saturated rings. The first-order valence-electron chi connectivity index (χ1n) is 4.13. The smallest absolute Gasteiger partial charge is 0.119 e. The van der Waals surface area contributed by atoms with Crippen LogP contribution in [0.4, 0.5) is 0 Å². The van der Waals surface area contributed by atoms with Gasteiger partial charge in [0.2, 0.25) is 0 Å². The van der Waals surface area contributed by atoms with E-state index in [0.717, 1.165) is 18.8 Å². The van der Waals surface area contributed by atoms with E-state index in [4.69, 9.17) is 4.74 Å². The van der Waals surface area contributed by atoms with Crippen LogP contribution in [-0.4, -0.2) is 12.9 Å². The largest absolute Gasteiger partial charge is 0.494 e. The first-order chi connectivity index (χ1) is 5.86. The second kappa shape index (κ2) is 5.09. The van der Waals surface area contributed by atoms with Crippen LogP contribution in [0.5, 0.6) is 5.75 Å². The molecular formula is C10H14OS. The first kappa shape index (κ1) is 9.46. The van der Waals surface area contributed by atoms with Gasteiger partial charge in [0, 0.05) is 4.90 Å². The van der Waals surface area contributed by atoms with Gasteiger partial charge in [-0.3, -0.25) is 0 Å².